The Morgan fingerprint density at radius 2 is 2.40 bits per heavy atom. The standard InChI is InChI=1S/C2H7NOS/c3-1-2-4-5/h5H,1-3H2. The lowest BCUT2D eigenvalue weighted by Crippen LogP contribution is -2.03. The molecule has 0 bridgehead atoms. The molecule has 0 aliphatic rings. The first kappa shape index (κ1) is 5.27. The highest BCUT2D eigenvalue weighted by atomic mass is 32.1. The molecule has 0 fully saturated rings. The van der Waals surface area contributed by atoms with Gasteiger partial charge in [-0.15, -0.1) is 0 Å². The maximum Gasteiger partial charge on any atom is 0.0733 e. The van der Waals surface area contributed by atoms with Crippen molar-refractivity contribution in [3.63, 3.8) is 0 Å². The Kier molecular flexibility index (Phi) is 4.50. The van der Waals surface area contributed by atoms with Crippen molar-refractivity contribution in [2.75, 3.05) is 13.2 Å². The van der Waals surface area contributed by atoms with Gasteiger partial charge in [0.2, 0.25) is 0 Å². The van der Waals surface area contributed by atoms with Crippen molar-refractivity contribution >= 4 is 12.9 Å². The Hall–Kier alpha value is 0.270. The maximum atomic E-state index is 4.97. The average molecular weight is 93.2 g/mol. The van der Waals surface area contributed by atoms with Crippen LogP contribution in [0.3, 0.4) is 0 Å². The predicted molar refractivity (Wildman–Crippen MR) is 24.0 cm³/mol. The van der Waals surface area contributed by atoms with Crippen LogP contribution in [-0.2, 0) is 4.18 Å². The Morgan fingerprint density at radius 1 is 1.80 bits per heavy atom. The van der Waals surface area contributed by atoms with E-state index in [1.54, 1.807) is 0 Å². The van der Waals surface area contributed by atoms with Gasteiger partial charge < -0.3 is 9.92 Å². The van der Waals surface area contributed by atoms with Crippen LogP contribution in [0.25, 0.3) is 0 Å². The summed E-state index contributed by atoms with van der Waals surface area (Å²) in [6, 6.07) is 0. The molecule has 0 saturated heterocycles. The lowest BCUT2D eigenvalue weighted by Gasteiger charge is -1.83. The summed E-state index contributed by atoms with van der Waals surface area (Å²) in [4.78, 5) is 0. The lowest BCUT2D eigenvalue weighted by atomic mass is 10.8. The molecular formula is C2H7NOS. The van der Waals surface area contributed by atoms with Crippen molar-refractivity contribution in [3.8, 4) is 0 Å². The fraction of sp³-hybridized carbons (Fsp3) is 1.00. The number of nitrogens with two attached hydrogens (primary N) is 1. The molecule has 0 amide bonds. The van der Waals surface area contributed by atoms with Gasteiger partial charge in [0, 0.05) is 6.54 Å². The van der Waals surface area contributed by atoms with Gasteiger partial charge in [-0.2, -0.15) is 0 Å². The molecule has 0 aromatic heterocycles. The molecule has 0 aromatic rings. The lowest BCUT2D eigenvalue weighted by molar-refractivity contribution is 0.394. The molecule has 32 valence electrons. The van der Waals surface area contributed by atoms with E-state index in [2.05, 4.69) is 17.1 Å². The molecule has 0 radical (unpaired) electrons. The fourth-order valence-electron chi connectivity index (χ4n) is 0.0527. The molecule has 0 aliphatic heterocycles. The molecule has 0 atom stereocenters. The first-order valence-electron chi connectivity index (χ1n) is 1.38. The molecule has 0 spiro atoms. The number of hydrogen-bond acceptors (Lipinski definition) is 3. The van der Waals surface area contributed by atoms with Crippen molar-refractivity contribution in [3.05, 3.63) is 0 Å². The monoisotopic (exact) mass is 93.0 g/mol. The van der Waals surface area contributed by atoms with Gasteiger partial charge in [-0.3, -0.25) is 0 Å². The molecule has 5 heavy (non-hydrogen) atoms. The van der Waals surface area contributed by atoms with Crippen molar-refractivity contribution < 1.29 is 4.18 Å². The predicted octanol–water partition coefficient (Wildman–Crippen LogP) is -0.193. The molecule has 0 rings (SSSR count). The van der Waals surface area contributed by atoms with Gasteiger partial charge in [-0.1, -0.05) is 0 Å². The Bertz CT molecular complexity index is 17.1. The van der Waals surface area contributed by atoms with E-state index in [4.69, 9.17) is 5.73 Å². The van der Waals surface area contributed by atoms with Crippen LogP contribution in [0.5, 0.6) is 0 Å². The molecule has 2 nitrogen and oxygen atoms in total. The molecule has 2 N–H and O–H groups in total. The second-order valence-corrected chi connectivity index (χ2v) is 0.880. The third-order valence-corrected chi connectivity index (χ3v) is 0.392. The molecule has 0 aliphatic carbocycles. The first-order valence-corrected chi connectivity index (χ1v) is 1.74. The van der Waals surface area contributed by atoms with Crippen LogP contribution in [0.2, 0.25) is 0 Å². The van der Waals surface area contributed by atoms with Crippen LogP contribution in [-0.4, -0.2) is 13.2 Å². The van der Waals surface area contributed by atoms with Gasteiger partial charge in [-0.25, -0.2) is 0 Å². The summed E-state index contributed by atoms with van der Waals surface area (Å²) in [6.07, 6.45) is 0. The number of thiol groups is 1. The van der Waals surface area contributed by atoms with Crippen LogP contribution in [0, 0.1) is 0 Å². The van der Waals surface area contributed by atoms with Crippen molar-refractivity contribution in [1.82, 2.24) is 0 Å². The van der Waals surface area contributed by atoms with E-state index in [-0.39, 0.29) is 0 Å². The van der Waals surface area contributed by atoms with E-state index in [0.29, 0.717) is 13.2 Å². The largest absolute Gasteiger partial charge is 0.328 e. The average Bonchev–Trinajstić information content (AvgIpc) is 1.41. The first-order chi connectivity index (χ1) is 2.41. The third-order valence-electron chi connectivity index (χ3n) is 0.209. The SMILES string of the molecule is NCCOS. The molecular weight excluding hydrogens is 86.1 g/mol. The second-order valence-electron chi connectivity index (χ2n) is 0.622. The summed E-state index contributed by atoms with van der Waals surface area (Å²) in [7, 11) is 0. The molecule has 0 unspecified atom stereocenters. The zero-order valence-electron chi connectivity index (χ0n) is 2.85. The maximum absolute atomic E-state index is 4.97. The summed E-state index contributed by atoms with van der Waals surface area (Å²) < 4.78 is 4.26. The summed E-state index contributed by atoms with van der Waals surface area (Å²) in [5.41, 5.74) is 4.97. The minimum atomic E-state index is 0.531. The van der Waals surface area contributed by atoms with Crippen LogP contribution in [0.15, 0.2) is 0 Å². The Balaban J connectivity index is 2.19. The van der Waals surface area contributed by atoms with Gasteiger partial charge in [-0.05, 0) is 12.9 Å². The van der Waals surface area contributed by atoms with Gasteiger partial charge in [0.25, 0.3) is 0 Å². The normalized spacial score (nSPS) is 8.40. The smallest absolute Gasteiger partial charge is 0.0733 e. The van der Waals surface area contributed by atoms with Crippen LogP contribution in [0.4, 0.5) is 0 Å². The van der Waals surface area contributed by atoms with Crippen molar-refractivity contribution in [2.45, 2.75) is 0 Å². The molecule has 3 heteroatoms. The minimum Gasteiger partial charge on any atom is -0.328 e. The summed E-state index contributed by atoms with van der Waals surface area (Å²) in [5.74, 6) is 0. The minimum absolute atomic E-state index is 0.531. The van der Waals surface area contributed by atoms with E-state index < -0.39 is 0 Å². The topological polar surface area (TPSA) is 35.2 Å². The second kappa shape index (κ2) is 4.27. The molecule has 0 heterocycles. The summed E-state index contributed by atoms with van der Waals surface area (Å²) in [5, 5.41) is 0. The van der Waals surface area contributed by atoms with Crippen LogP contribution >= 0.6 is 12.9 Å². The number of hydrogen-bond donors (Lipinski definition) is 2. The van der Waals surface area contributed by atoms with Gasteiger partial charge >= 0.3 is 0 Å². The molecule has 0 saturated carbocycles. The third kappa shape index (κ3) is 4.27. The van der Waals surface area contributed by atoms with Gasteiger partial charge in [0.15, 0.2) is 0 Å². The van der Waals surface area contributed by atoms with Gasteiger partial charge in [0.05, 0.1) is 6.61 Å². The van der Waals surface area contributed by atoms with E-state index in [1.165, 1.54) is 0 Å². The highest BCUT2D eigenvalue weighted by Gasteiger charge is 1.67. The van der Waals surface area contributed by atoms with E-state index >= 15 is 0 Å². The Labute approximate surface area is 36.9 Å². The van der Waals surface area contributed by atoms with Gasteiger partial charge in [0.1, 0.15) is 0 Å². The van der Waals surface area contributed by atoms with E-state index in [1.807, 2.05) is 0 Å². The summed E-state index contributed by atoms with van der Waals surface area (Å²) in [6.45, 7) is 1.08. The molecule has 0 aromatic carbocycles. The quantitative estimate of drug-likeness (QED) is 0.366. The van der Waals surface area contributed by atoms with Crippen molar-refractivity contribution in [1.29, 1.82) is 0 Å². The summed E-state index contributed by atoms with van der Waals surface area (Å²) >= 11 is 3.42. The van der Waals surface area contributed by atoms with Crippen molar-refractivity contribution in [2.24, 2.45) is 5.73 Å². The zero-order chi connectivity index (χ0) is 4.12. The Morgan fingerprint density at radius 3 is 2.40 bits per heavy atom. The highest BCUT2D eigenvalue weighted by Crippen LogP contribution is 1.69. The number of rotatable bonds is 2. The van der Waals surface area contributed by atoms with E-state index in [0.717, 1.165) is 0 Å². The fourth-order valence-corrected chi connectivity index (χ4v) is 0.158. The van der Waals surface area contributed by atoms with Crippen LogP contribution in [0.1, 0.15) is 0 Å². The van der Waals surface area contributed by atoms with Crippen LogP contribution < -0.4 is 5.73 Å². The highest BCUT2D eigenvalue weighted by molar-refractivity contribution is 7.75. The zero-order valence-corrected chi connectivity index (χ0v) is 3.74. The van der Waals surface area contributed by atoms with E-state index in [9.17, 15) is 0 Å².